The van der Waals surface area contributed by atoms with E-state index in [4.69, 9.17) is 4.74 Å². The maximum Gasteiger partial charge on any atom is 0.258 e. The molecule has 5 heteroatoms. The maximum absolute atomic E-state index is 11.2. The van der Waals surface area contributed by atoms with Gasteiger partial charge in [0.15, 0.2) is 6.61 Å². The lowest BCUT2D eigenvalue weighted by Gasteiger charge is -2.06. The molecule has 0 radical (unpaired) electrons. The fourth-order valence-corrected chi connectivity index (χ4v) is 0.984. The van der Waals surface area contributed by atoms with Crippen molar-refractivity contribution >= 4 is 11.8 Å². The van der Waals surface area contributed by atoms with Gasteiger partial charge in [0.1, 0.15) is 5.75 Å². The Labute approximate surface area is 93.8 Å². The third-order valence-corrected chi connectivity index (χ3v) is 1.84. The van der Waals surface area contributed by atoms with Crippen molar-refractivity contribution in [3.8, 4) is 5.75 Å². The molecule has 0 heterocycles. The highest BCUT2D eigenvalue weighted by molar-refractivity contribution is 5.85. The van der Waals surface area contributed by atoms with Crippen molar-refractivity contribution in [3.63, 3.8) is 0 Å². The number of benzene rings is 1. The van der Waals surface area contributed by atoms with Gasteiger partial charge in [0.2, 0.25) is 5.91 Å². The quantitative estimate of drug-likeness (QED) is 0.732. The number of rotatable bonds is 5. The molecule has 16 heavy (non-hydrogen) atoms. The number of hydrogen-bond acceptors (Lipinski definition) is 3. The molecule has 0 bridgehead atoms. The molecule has 1 aromatic carbocycles. The van der Waals surface area contributed by atoms with E-state index in [0.29, 0.717) is 5.75 Å². The van der Waals surface area contributed by atoms with Crippen LogP contribution in [0.15, 0.2) is 30.3 Å². The van der Waals surface area contributed by atoms with Crippen LogP contribution in [0.1, 0.15) is 0 Å². The molecule has 2 amide bonds. The lowest BCUT2D eigenvalue weighted by molar-refractivity contribution is -0.127. The molecule has 1 aromatic rings. The van der Waals surface area contributed by atoms with Gasteiger partial charge in [-0.1, -0.05) is 18.2 Å². The summed E-state index contributed by atoms with van der Waals surface area (Å²) in [6, 6.07) is 9.01. The van der Waals surface area contributed by atoms with Crippen LogP contribution in [0, 0.1) is 0 Å². The smallest absolute Gasteiger partial charge is 0.258 e. The Kier molecular flexibility index (Phi) is 4.85. The van der Waals surface area contributed by atoms with Gasteiger partial charge in [-0.25, -0.2) is 0 Å². The van der Waals surface area contributed by atoms with Crippen LogP contribution in [-0.2, 0) is 9.59 Å². The predicted octanol–water partition coefficient (Wildman–Crippen LogP) is -0.0724. The average Bonchev–Trinajstić information content (AvgIpc) is 2.34. The molecule has 0 spiro atoms. The van der Waals surface area contributed by atoms with E-state index in [9.17, 15) is 9.59 Å². The van der Waals surface area contributed by atoms with E-state index in [1.807, 2.05) is 18.2 Å². The van der Waals surface area contributed by atoms with Gasteiger partial charge >= 0.3 is 0 Å². The number of carbonyl (C=O) groups is 2. The molecule has 0 unspecified atom stereocenters. The molecule has 0 saturated carbocycles. The minimum Gasteiger partial charge on any atom is -0.484 e. The molecule has 0 aliphatic rings. The van der Waals surface area contributed by atoms with Gasteiger partial charge in [0.05, 0.1) is 6.54 Å². The van der Waals surface area contributed by atoms with Crippen LogP contribution < -0.4 is 15.4 Å². The second-order valence-electron chi connectivity index (χ2n) is 3.05. The fourth-order valence-electron chi connectivity index (χ4n) is 0.984. The Morgan fingerprint density at radius 2 is 1.88 bits per heavy atom. The van der Waals surface area contributed by atoms with Crippen LogP contribution in [0.25, 0.3) is 0 Å². The van der Waals surface area contributed by atoms with Gasteiger partial charge in [-0.3, -0.25) is 9.59 Å². The molecule has 0 aliphatic heterocycles. The van der Waals surface area contributed by atoms with Crippen molar-refractivity contribution in [1.29, 1.82) is 0 Å². The Hall–Kier alpha value is -2.04. The first kappa shape index (κ1) is 12.0. The van der Waals surface area contributed by atoms with Gasteiger partial charge in [0, 0.05) is 7.05 Å². The van der Waals surface area contributed by atoms with E-state index in [1.165, 1.54) is 7.05 Å². The Balaban J connectivity index is 2.23. The standard InChI is InChI=1S/C11H14N2O3/c1-12-10(14)7-13-11(15)8-16-9-5-3-2-4-6-9/h2-6H,7-8H2,1H3,(H,12,14)(H,13,15). The topological polar surface area (TPSA) is 67.4 Å². The molecule has 0 atom stereocenters. The SMILES string of the molecule is CNC(=O)CNC(=O)COc1ccccc1. The van der Waals surface area contributed by atoms with Gasteiger partial charge in [-0.05, 0) is 12.1 Å². The minimum absolute atomic E-state index is 0.0342. The number of amides is 2. The molecule has 0 aliphatic carbocycles. The zero-order valence-corrected chi connectivity index (χ0v) is 9.03. The van der Waals surface area contributed by atoms with Crippen molar-refractivity contribution in [2.75, 3.05) is 20.2 Å². The molecule has 0 fully saturated rings. The van der Waals surface area contributed by atoms with Crippen molar-refractivity contribution in [2.45, 2.75) is 0 Å². The van der Waals surface area contributed by atoms with Gasteiger partial charge in [-0.15, -0.1) is 0 Å². The van der Waals surface area contributed by atoms with Crippen LogP contribution in [0.5, 0.6) is 5.75 Å². The van der Waals surface area contributed by atoms with Crippen LogP contribution in [0.2, 0.25) is 0 Å². The Morgan fingerprint density at radius 1 is 1.19 bits per heavy atom. The first-order chi connectivity index (χ1) is 7.72. The highest BCUT2D eigenvalue weighted by Crippen LogP contribution is 2.07. The minimum atomic E-state index is -0.326. The normalized spacial score (nSPS) is 9.31. The van der Waals surface area contributed by atoms with Crippen molar-refractivity contribution in [2.24, 2.45) is 0 Å². The lowest BCUT2D eigenvalue weighted by Crippen LogP contribution is -2.37. The molecule has 2 N–H and O–H groups in total. The summed E-state index contributed by atoms with van der Waals surface area (Å²) in [6.45, 7) is -0.130. The van der Waals surface area contributed by atoms with E-state index in [-0.39, 0.29) is 25.0 Å². The van der Waals surface area contributed by atoms with E-state index < -0.39 is 0 Å². The zero-order chi connectivity index (χ0) is 11.8. The summed E-state index contributed by atoms with van der Waals surface area (Å²) < 4.78 is 5.19. The highest BCUT2D eigenvalue weighted by Gasteiger charge is 2.04. The second-order valence-corrected chi connectivity index (χ2v) is 3.05. The monoisotopic (exact) mass is 222 g/mol. The van der Waals surface area contributed by atoms with Gasteiger partial charge in [-0.2, -0.15) is 0 Å². The average molecular weight is 222 g/mol. The highest BCUT2D eigenvalue weighted by atomic mass is 16.5. The number of hydrogen-bond donors (Lipinski definition) is 2. The fraction of sp³-hybridized carbons (Fsp3) is 0.273. The van der Waals surface area contributed by atoms with E-state index in [1.54, 1.807) is 12.1 Å². The summed E-state index contributed by atoms with van der Waals surface area (Å²) in [5.41, 5.74) is 0. The van der Waals surface area contributed by atoms with E-state index in [0.717, 1.165) is 0 Å². The number of likely N-dealkylation sites (N-methyl/N-ethyl adjacent to an activating group) is 1. The third-order valence-electron chi connectivity index (χ3n) is 1.84. The molecule has 0 saturated heterocycles. The number of para-hydroxylation sites is 1. The van der Waals surface area contributed by atoms with Crippen LogP contribution in [0.4, 0.5) is 0 Å². The van der Waals surface area contributed by atoms with Gasteiger partial charge in [0.25, 0.3) is 5.91 Å². The van der Waals surface area contributed by atoms with Crippen LogP contribution in [-0.4, -0.2) is 32.0 Å². The van der Waals surface area contributed by atoms with Crippen LogP contribution in [0.3, 0.4) is 0 Å². The first-order valence-corrected chi connectivity index (χ1v) is 4.87. The summed E-state index contributed by atoms with van der Waals surface area (Å²) in [5.74, 6) is 0.0538. The summed E-state index contributed by atoms with van der Waals surface area (Å²) in [6.07, 6.45) is 0. The van der Waals surface area contributed by atoms with E-state index in [2.05, 4.69) is 10.6 Å². The third kappa shape index (κ3) is 4.45. The lowest BCUT2D eigenvalue weighted by atomic mass is 10.3. The maximum atomic E-state index is 11.2. The molecule has 0 aromatic heterocycles. The molecule has 5 nitrogen and oxygen atoms in total. The molecular weight excluding hydrogens is 208 g/mol. The number of ether oxygens (including phenoxy) is 1. The predicted molar refractivity (Wildman–Crippen MR) is 59.0 cm³/mol. The number of nitrogens with one attached hydrogen (secondary N) is 2. The van der Waals surface area contributed by atoms with Crippen molar-refractivity contribution < 1.29 is 14.3 Å². The second kappa shape index (κ2) is 6.44. The Morgan fingerprint density at radius 3 is 2.50 bits per heavy atom. The summed E-state index contributed by atoms with van der Waals surface area (Å²) in [4.78, 5) is 22.0. The summed E-state index contributed by atoms with van der Waals surface area (Å²) in [5, 5.41) is 4.83. The molecule has 86 valence electrons. The number of carbonyl (C=O) groups excluding carboxylic acids is 2. The summed E-state index contributed by atoms with van der Waals surface area (Å²) >= 11 is 0. The Bertz CT molecular complexity index is 352. The van der Waals surface area contributed by atoms with Crippen LogP contribution >= 0.6 is 0 Å². The molecule has 1 rings (SSSR count). The van der Waals surface area contributed by atoms with Crippen molar-refractivity contribution in [1.82, 2.24) is 10.6 Å². The van der Waals surface area contributed by atoms with E-state index >= 15 is 0 Å². The zero-order valence-electron chi connectivity index (χ0n) is 9.03. The van der Waals surface area contributed by atoms with Gasteiger partial charge < -0.3 is 15.4 Å². The summed E-state index contributed by atoms with van der Waals surface area (Å²) in [7, 11) is 1.51. The van der Waals surface area contributed by atoms with Crippen molar-refractivity contribution in [3.05, 3.63) is 30.3 Å². The largest absolute Gasteiger partial charge is 0.484 e. The molecular formula is C11H14N2O3. The first-order valence-electron chi connectivity index (χ1n) is 4.87.